The first-order chi connectivity index (χ1) is 9.57. The summed E-state index contributed by atoms with van der Waals surface area (Å²) in [6, 6.07) is 0. The van der Waals surface area contributed by atoms with Gasteiger partial charge in [0.1, 0.15) is 0 Å². The van der Waals surface area contributed by atoms with Gasteiger partial charge >= 0.3 is 0 Å². The maximum atomic E-state index is 11.0. The van der Waals surface area contributed by atoms with Crippen molar-refractivity contribution in [3.05, 3.63) is 0 Å². The molecule has 0 aromatic carbocycles. The number of hydrogen-bond acceptors (Lipinski definition) is 2. The molecule has 0 saturated heterocycles. The fourth-order valence-corrected chi connectivity index (χ4v) is 2.78. The summed E-state index contributed by atoms with van der Waals surface area (Å²) in [5, 5.41) is 11.0. The number of carboxylic acid groups (broad SMARTS) is 1. The zero-order valence-corrected chi connectivity index (χ0v) is 14.0. The van der Waals surface area contributed by atoms with Crippen LogP contribution in [0.4, 0.5) is 0 Å². The topological polar surface area (TPSA) is 40.1 Å². The van der Waals surface area contributed by atoms with Gasteiger partial charge in [-0.05, 0) is 24.7 Å². The summed E-state index contributed by atoms with van der Waals surface area (Å²) >= 11 is 0. The van der Waals surface area contributed by atoms with E-state index in [-0.39, 0.29) is 5.92 Å². The lowest BCUT2D eigenvalue weighted by molar-refractivity contribution is -0.312. The van der Waals surface area contributed by atoms with E-state index in [1.54, 1.807) is 0 Å². The molecular weight excluding hydrogens is 248 g/mol. The molecule has 0 fully saturated rings. The summed E-state index contributed by atoms with van der Waals surface area (Å²) in [6.07, 6.45) is 14.5. The third kappa shape index (κ3) is 12.5. The van der Waals surface area contributed by atoms with Crippen molar-refractivity contribution in [2.75, 3.05) is 0 Å². The first-order valence-corrected chi connectivity index (χ1v) is 8.78. The van der Waals surface area contributed by atoms with E-state index in [1.807, 2.05) is 0 Å². The molecule has 0 aliphatic carbocycles. The van der Waals surface area contributed by atoms with Crippen LogP contribution in [0.5, 0.6) is 0 Å². The van der Waals surface area contributed by atoms with Crippen molar-refractivity contribution in [3.63, 3.8) is 0 Å². The maximum Gasteiger partial charge on any atom is 0.0445 e. The van der Waals surface area contributed by atoms with Crippen molar-refractivity contribution in [2.24, 2.45) is 11.8 Å². The molecule has 0 bridgehead atoms. The zero-order valence-electron chi connectivity index (χ0n) is 14.0. The van der Waals surface area contributed by atoms with Crippen LogP contribution in [0.25, 0.3) is 0 Å². The second kappa shape index (κ2) is 13.5. The van der Waals surface area contributed by atoms with Gasteiger partial charge in [-0.2, -0.15) is 0 Å². The monoisotopic (exact) mass is 283 g/mol. The molecular formula is C18H35O2-. The van der Waals surface area contributed by atoms with Crippen LogP contribution in [0, 0.1) is 11.8 Å². The van der Waals surface area contributed by atoms with E-state index < -0.39 is 5.97 Å². The summed E-state index contributed by atoms with van der Waals surface area (Å²) < 4.78 is 0. The highest BCUT2D eigenvalue weighted by atomic mass is 16.4. The van der Waals surface area contributed by atoms with E-state index >= 15 is 0 Å². The number of carbonyl (C=O) groups is 1. The van der Waals surface area contributed by atoms with Gasteiger partial charge in [-0.1, -0.05) is 85.0 Å². The Morgan fingerprint density at radius 3 is 1.70 bits per heavy atom. The van der Waals surface area contributed by atoms with Crippen molar-refractivity contribution >= 4 is 5.97 Å². The quantitative estimate of drug-likeness (QED) is 0.433. The lowest BCUT2D eigenvalue weighted by atomic mass is 9.92. The predicted octanol–water partition coefficient (Wildman–Crippen LogP) is 4.71. The lowest BCUT2D eigenvalue weighted by Gasteiger charge is -2.19. The Balaban J connectivity index is 3.39. The molecule has 1 unspecified atom stereocenters. The van der Waals surface area contributed by atoms with Crippen LogP contribution < -0.4 is 5.11 Å². The molecule has 0 amide bonds. The maximum absolute atomic E-state index is 11.0. The van der Waals surface area contributed by atoms with Crippen LogP contribution in [-0.2, 0) is 4.79 Å². The largest absolute Gasteiger partial charge is 0.550 e. The molecule has 0 radical (unpaired) electrons. The number of carboxylic acids is 1. The second-order valence-corrected chi connectivity index (χ2v) is 6.62. The highest BCUT2D eigenvalue weighted by Gasteiger charge is 2.11. The fourth-order valence-electron chi connectivity index (χ4n) is 2.78. The summed E-state index contributed by atoms with van der Waals surface area (Å²) in [7, 11) is 0. The van der Waals surface area contributed by atoms with E-state index in [2.05, 4.69) is 20.8 Å². The third-order valence-electron chi connectivity index (χ3n) is 4.00. The molecule has 1 atom stereocenters. The molecule has 2 nitrogen and oxygen atoms in total. The van der Waals surface area contributed by atoms with Crippen molar-refractivity contribution in [2.45, 2.75) is 97.8 Å². The number of hydrogen-bond donors (Lipinski definition) is 0. The van der Waals surface area contributed by atoms with Crippen LogP contribution in [0.2, 0.25) is 0 Å². The molecule has 0 spiro atoms. The lowest BCUT2D eigenvalue weighted by Crippen LogP contribution is -2.32. The van der Waals surface area contributed by atoms with Crippen LogP contribution in [0.15, 0.2) is 0 Å². The normalized spacial score (nSPS) is 12.8. The van der Waals surface area contributed by atoms with E-state index in [1.165, 1.54) is 57.8 Å². The first kappa shape index (κ1) is 19.5. The minimum atomic E-state index is -0.852. The highest BCUT2D eigenvalue weighted by Crippen LogP contribution is 2.19. The highest BCUT2D eigenvalue weighted by molar-refractivity contribution is 5.67. The van der Waals surface area contributed by atoms with E-state index in [0.29, 0.717) is 5.92 Å². The van der Waals surface area contributed by atoms with E-state index in [0.717, 1.165) is 19.3 Å². The molecule has 20 heavy (non-hydrogen) atoms. The molecule has 0 aliphatic rings. The Labute approximate surface area is 126 Å². The Morgan fingerprint density at radius 2 is 1.30 bits per heavy atom. The Morgan fingerprint density at radius 1 is 0.850 bits per heavy atom. The Bertz CT molecular complexity index is 223. The van der Waals surface area contributed by atoms with Crippen LogP contribution >= 0.6 is 0 Å². The molecule has 0 heterocycles. The van der Waals surface area contributed by atoms with E-state index in [4.69, 9.17) is 0 Å². The fraction of sp³-hybridized carbons (Fsp3) is 0.944. The van der Waals surface area contributed by atoms with Crippen molar-refractivity contribution in [1.82, 2.24) is 0 Å². The van der Waals surface area contributed by atoms with Gasteiger partial charge in [-0.25, -0.2) is 0 Å². The molecule has 0 rings (SSSR count). The molecule has 0 aromatic heterocycles. The molecule has 2 heteroatoms. The number of carbonyl (C=O) groups excluding carboxylic acids is 1. The zero-order chi connectivity index (χ0) is 15.2. The summed E-state index contributed by atoms with van der Waals surface area (Å²) in [5.41, 5.74) is 0. The van der Waals surface area contributed by atoms with Gasteiger partial charge in [-0.3, -0.25) is 0 Å². The average Bonchev–Trinajstić information content (AvgIpc) is 2.39. The smallest absolute Gasteiger partial charge is 0.0445 e. The van der Waals surface area contributed by atoms with Gasteiger partial charge in [0.25, 0.3) is 0 Å². The van der Waals surface area contributed by atoms with Crippen LogP contribution in [-0.4, -0.2) is 5.97 Å². The van der Waals surface area contributed by atoms with Crippen molar-refractivity contribution < 1.29 is 9.90 Å². The standard InChI is InChI=1S/C18H36O2/c1-4-5-6-7-8-9-10-11-12-13-14-17(18(19)20)15-16(2)3/h16-17H,4-15H2,1-3H3,(H,19,20)/p-1. The third-order valence-corrected chi connectivity index (χ3v) is 4.00. The van der Waals surface area contributed by atoms with Crippen molar-refractivity contribution in [1.29, 1.82) is 0 Å². The summed E-state index contributed by atoms with van der Waals surface area (Å²) in [6.45, 7) is 6.40. The molecule has 0 aliphatic heterocycles. The van der Waals surface area contributed by atoms with Gasteiger partial charge in [-0.15, -0.1) is 0 Å². The van der Waals surface area contributed by atoms with Crippen LogP contribution in [0.3, 0.4) is 0 Å². The number of rotatable bonds is 14. The van der Waals surface area contributed by atoms with E-state index in [9.17, 15) is 9.90 Å². The molecule has 120 valence electrons. The Hall–Kier alpha value is -0.530. The van der Waals surface area contributed by atoms with Gasteiger partial charge in [0, 0.05) is 5.97 Å². The molecule has 0 N–H and O–H groups in total. The number of aliphatic carboxylic acids is 1. The van der Waals surface area contributed by atoms with Crippen LogP contribution in [0.1, 0.15) is 97.8 Å². The molecule has 0 saturated carbocycles. The van der Waals surface area contributed by atoms with Gasteiger partial charge in [0.05, 0.1) is 0 Å². The minimum Gasteiger partial charge on any atom is -0.550 e. The van der Waals surface area contributed by atoms with Gasteiger partial charge < -0.3 is 9.90 Å². The molecule has 0 aromatic rings. The summed E-state index contributed by atoms with van der Waals surface area (Å²) in [4.78, 5) is 11.0. The SMILES string of the molecule is CCCCCCCCCCCCC(CC(C)C)C(=O)[O-]. The van der Waals surface area contributed by atoms with Gasteiger partial charge in [0.15, 0.2) is 0 Å². The van der Waals surface area contributed by atoms with Gasteiger partial charge in [0.2, 0.25) is 0 Å². The first-order valence-electron chi connectivity index (χ1n) is 8.78. The predicted molar refractivity (Wildman–Crippen MR) is 84.4 cm³/mol. The summed E-state index contributed by atoms with van der Waals surface area (Å²) in [5.74, 6) is -0.639. The average molecular weight is 283 g/mol. The Kier molecular flexibility index (Phi) is 13.1. The van der Waals surface area contributed by atoms with Crippen molar-refractivity contribution in [3.8, 4) is 0 Å². The minimum absolute atomic E-state index is 0.232. The number of unbranched alkanes of at least 4 members (excludes halogenated alkanes) is 9. The second-order valence-electron chi connectivity index (χ2n) is 6.62.